The Kier molecular flexibility index (Phi) is 4.09. The zero-order valence-electron chi connectivity index (χ0n) is 8.48. The molecule has 1 unspecified atom stereocenters. The van der Waals surface area contributed by atoms with E-state index in [0.29, 0.717) is 6.10 Å². The molecule has 11 heavy (non-hydrogen) atoms. The molecule has 0 fully saturated rings. The molecule has 0 aromatic heterocycles. The molecule has 0 aliphatic heterocycles. The minimum absolute atomic E-state index is 0.214. The van der Waals surface area contributed by atoms with Gasteiger partial charge in [0.25, 0.3) is 0 Å². The first-order chi connectivity index (χ1) is 4.88. The van der Waals surface area contributed by atoms with Crippen LogP contribution < -0.4 is 0 Å². The number of ether oxygens (including phenoxy) is 1. The molecule has 0 bridgehead atoms. The summed E-state index contributed by atoms with van der Waals surface area (Å²) in [6, 6.07) is 0. The van der Waals surface area contributed by atoms with E-state index in [1.54, 1.807) is 0 Å². The van der Waals surface area contributed by atoms with Gasteiger partial charge in [0.1, 0.15) is 0 Å². The van der Waals surface area contributed by atoms with E-state index in [2.05, 4.69) is 41.5 Å². The van der Waals surface area contributed by atoms with Gasteiger partial charge in [0.2, 0.25) is 0 Å². The quantitative estimate of drug-likeness (QED) is 0.612. The predicted octanol–water partition coefficient (Wildman–Crippen LogP) is 3.05. The molecule has 0 aliphatic rings. The Balaban J connectivity index is 3.96. The highest BCUT2D eigenvalue weighted by Crippen LogP contribution is 2.25. The zero-order valence-corrected chi connectivity index (χ0v) is 8.48. The molecular formula is C10H21O. The van der Waals surface area contributed by atoms with E-state index < -0.39 is 0 Å². The Bertz CT molecular complexity index is 99.9. The van der Waals surface area contributed by atoms with Crippen molar-refractivity contribution in [3.05, 3.63) is 6.92 Å². The smallest absolute Gasteiger partial charge is 0.0626 e. The van der Waals surface area contributed by atoms with Crippen LogP contribution in [-0.4, -0.2) is 12.2 Å². The van der Waals surface area contributed by atoms with Gasteiger partial charge in [-0.05, 0) is 25.7 Å². The molecule has 0 spiro atoms. The molecule has 0 aromatic rings. The van der Waals surface area contributed by atoms with E-state index in [-0.39, 0.29) is 11.5 Å². The van der Waals surface area contributed by atoms with Crippen molar-refractivity contribution in [3.8, 4) is 0 Å². The maximum atomic E-state index is 5.70. The van der Waals surface area contributed by atoms with Crippen LogP contribution in [0.3, 0.4) is 0 Å². The first-order valence-electron chi connectivity index (χ1n) is 4.32. The highest BCUT2D eigenvalue weighted by atomic mass is 16.5. The van der Waals surface area contributed by atoms with Crippen molar-refractivity contribution in [1.82, 2.24) is 0 Å². The molecule has 0 heterocycles. The van der Waals surface area contributed by atoms with Crippen molar-refractivity contribution in [2.24, 2.45) is 5.41 Å². The van der Waals surface area contributed by atoms with Gasteiger partial charge in [0.15, 0.2) is 0 Å². The van der Waals surface area contributed by atoms with E-state index >= 15 is 0 Å². The molecule has 0 aliphatic carbocycles. The van der Waals surface area contributed by atoms with E-state index in [1.165, 1.54) is 0 Å². The van der Waals surface area contributed by atoms with Crippen molar-refractivity contribution in [2.45, 2.75) is 53.2 Å². The molecular weight excluding hydrogens is 136 g/mol. The van der Waals surface area contributed by atoms with Crippen LogP contribution in [0.2, 0.25) is 0 Å². The first-order valence-corrected chi connectivity index (χ1v) is 4.32. The average Bonchev–Trinajstić information content (AvgIpc) is 1.79. The van der Waals surface area contributed by atoms with Gasteiger partial charge >= 0.3 is 0 Å². The fourth-order valence-corrected chi connectivity index (χ4v) is 1.03. The lowest BCUT2D eigenvalue weighted by atomic mass is 9.87. The van der Waals surface area contributed by atoms with Crippen LogP contribution in [0.1, 0.15) is 41.0 Å². The Labute approximate surface area is 71.1 Å². The van der Waals surface area contributed by atoms with Crippen molar-refractivity contribution in [1.29, 1.82) is 0 Å². The van der Waals surface area contributed by atoms with Gasteiger partial charge in [-0.3, -0.25) is 0 Å². The van der Waals surface area contributed by atoms with Gasteiger partial charge in [-0.25, -0.2) is 0 Å². The van der Waals surface area contributed by atoms with E-state index in [9.17, 15) is 0 Å². The molecule has 1 heteroatoms. The van der Waals surface area contributed by atoms with Crippen LogP contribution in [0.5, 0.6) is 0 Å². The molecule has 0 amide bonds. The van der Waals surface area contributed by atoms with Gasteiger partial charge in [-0.15, -0.1) is 0 Å². The molecule has 1 atom stereocenters. The highest BCUT2D eigenvalue weighted by Gasteiger charge is 2.24. The molecule has 0 N–H and O–H groups in total. The highest BCUT2D eigenvalue weighted by molar-refractivity contribution is 4.75. The van der Waals surface area contributed by atoms with Gasteiger partial charge in [-0.1, -0.05) is 27.7 Å². The van der Waals surface area contributed by atoms with Crippen LogP contribution in [0, 0.1) is 12.3 Å². The summed E-state index contributed by atoms with van der Waals surface area (Å²) >= 11 is 0. The second-order valence-corrected chi connectivity index (χ2v) is 4.33. The summed E-state index contributed by atoms with van der Waals surface area (Å²) in [4.78, 5) is 0. The van der Waals surface area contributed by atoms with Gasteiger partial charge < -0.3 is 4.74 Å². The second-order valence-electron chi connectivity index (χ2n) is 4.33. The Morgan fingerprint density at radius 1 is 1.27 bits per heavy atom. The minimum Gasteiger partial charge on any atom is -0.375 e. The van der Waals surface area contributed by atoms with Crippen LogP contribution in [0.15, 0.2) is 0 Å². The largest absolute Gasteiger partial charge is 0.375 e. The fraction of sp³-hybridized carbons (Fsp3) is 0.900. The van der Waals surface area contributed by atoms with Gasteiger partial charge in [0, 0.05) is 0 Å². The van der Waals surface area contributed by atoms with E-state index in [0.717, 1.165) is 6.42 Å². The fourth-order valence-electron chi connectivity index (χ4n) is 1.03. The van der Waals surface area contributed by atoms with Crippen LogP contribution in [0.4, 0.5) is 0 Å². The lowest BCUT2D eigenvalue weighted by molar-refractivity contribution is -0.0498. The lowest BCUT2D eigenvalue weighted by Crippen LogP contribution is -2.31. The third-order valence-electron chi connectivity index (χ3n) is 1.66. The average molecular weight is 157 g/mol. The number of hydrogen-bond donors (Lipinski definition) is 0. The third-order valence-corrected chi connectivity index (χ3v) is 1.66. The van der Waals surface area contributed by atoms with Crippen molar-refractivity contribution >= 4 is 0 Å². The molecule has 1 radical (unpaired) electrons. The number of hydrogen-bond acceptors (Lipinski definition) is 1. The van der Waals surface area contributed by atoms with Gasteiger partial charge in [-0.2, -0.15) is 0 Å². The Hall–Kier alpha value is -0.0400. The summed E-state index contributed by atoms with van der Waals surface area (Å²) in [5.41, 5.74) is 0.214. The van der Waals surface area contributed by atoms with E-state index in [1.807, 2.05) is 0 Å². The maximum Gasteiger partial charge on any atom is 0.0626 e. The summed E-state index contributed by atoms with van der Waals surface area (Å²) in [7, 11) is 0. The lowest BCUT2D eigenvalue weighted by Gasteiger charge is -2.31. The standard InChI is InChI=1S/C10H21O/c1-7-9(10(4,5)6)11-8(2)3/h8-9H,1,7H2,2-6H3. The topological polar surface area (TPSA) is 9.23 Å². The van der Waals surface area contributed by atoms with Crippen molar-refractivity contribution < 1.29 is 4.74 Å². The van der Waals surface area contributed by atoms with Crippen molar-refractivity contribution in [3.63, 3.8) is 0 Å². The summed E-state index contributed by atoms with van der Waals surface area (Å²) < 4.78 is 5.70. The molecule has 1 nitrogen and oxygen atoms in total. The SMILES string of the molecule is [CH2]CC(OC(C)C)C(C)(C)C. The van der Waals surface area contributed by atoms with Crippen LogP contribution >= 0.6 is 0 Å². The van der Waals surface area contributed by atoms with Crippen molar-refractivity contribution in [2.75, 3.05) is 0 Å². The summed E-state index contributed by atoms with van der Waals surface area (Å²) in [6.07, 6.45) is 1.44. The number of rotatable bonds is 3. The molecule has 0 saturated carbocycles. The first kappa shape index (κ1) is 11.0. The maximum absolute atomic E-state index is 5.70. The Morgan fingerprint density at radius 3 is 1.82 bits per heavy atom. The summed E-state index contributed by atoms with van der Waals surface area (Å²) in [5.74, 6) is 0. The monoisotopic (exact) mass is 157 g/mol. The molecule has 67 valence electrons. The van der Waals surface area contributed by atoms with Crippen LogP contribution in [-0.2, 0) is 4.74 Å². The third kappa shape index (κ3) is 4.41. The predicted molar refractivity (Wildman–Crippen MR) is 49.4 cm³/mol. The Morgan fingerprint density at radius 2 is 1.73 bits per heavy atom. The van der Waals surface area contributed by atoms with Gasteiger partial charge in [0.05, 0.1) is 12.2 Å². The molecule has 0 aromatic carbocycles. The van der Waals surface area contributed by atoms with E-state index in [4.69, 9.17) is 4.74 Å². The normalized spacial score (nSPS) is 15.5. The second kappa shape index (κ2) is 4.10. The van der Waals surface area contributed by atoms with Crippen LogP contribution in [0.25, 0.3) is 0 Å². The minimum atomic E-state index is 0.214. The molecule has 0 rings (SSSR count). The summed E-state index contributed by atoms with van der Waals surface area (Å²) in [6.45, 7) is 14.6. The zero-order chi connectivity index (χ0) is 9.07. The summed E-state index contributed by atoms with van der Waals surface area (Å²) in [5, 5.41) is 0. The molecule has 0 saturated heterocycles.